The molecule has 1 N–H and O–H groups in total. The van der Waals surface area contributed by atoms with Crippen LogP contribution in [0.3, 0.4) is 0 Å². The fourth-order valence-electron chi connectivity index (χ4n) is 2.16. The Morgan fingerprint density at radius 2 is 1.85 bits per heavy atom. The van der Waals surface area contributed by atoms with Gasteiger partial charge in [0.1, 0.15) is 11.5 Å². The molecule has 102 valence electrons. The van der Waals surface area contributed by atoms with E-state index in [4.69, 9.17) is 9.47 Å². The first-order valence-electron chi connectivity index (χ1n) is 6.03. The van der Waals surface area contributed by atoms with Crippen LogP contribution in [0.5, 0.6) is 11.5 Å². The van der Waals surface area contributed by atoms with E-state index in [1.165, 1.54) is 10.6 Å². The van der Waals surface area contributed by atoms with Crippen molar-refractivity contribution in [1.82, 2.24) is 14.6 Å². The van der Waals surface area contributed by atoms with Gasteiger partial charge in [0.2, 0.25) is 0 Å². The highest BCUT2D eigenvalue weighted by Crippen LogP contribution is 2.36. The Morgan fingerprint density at radius 3 is 2.50 bits per heavy atom. The van der Waals surface area contributed by atoms with Gasteiger partial charge in [-0.3, -0.25) is 9.89 Å². The topological polar surface area (TPSA) is 68.6 Å². The number of nitrogens with zero attached hydrogens (tertiary/aromatic N) is 2. The summed E-state index contributed by atoms with van der Waals surface area (Å²) in [6.07, 6.45) is 1.66. The maximum atomic E-state index is 12.0. The van der Waals surface area contributed by atoms with Gasteiger partial charge in [-0.15, -0.1) is 0 Å². The first-order chi connectivity index (χ1) is 9.74. The van der Waals surface area contributed by atoms with Gasteiger partial charge in [-0.2, -0.15) is 0 Å². The van der Waals surface area contributed by atoms with Crippen LogP contribution in [0.1, 0.15) is 0 Å². The molecule has 0 aliphatic carbocycles. The first-order valence-corrected chi connectivity index (χ1v) is 6.03. The lowest BCUT2D eigenvalue weighted by Crippen LogP contribution is -2.14. The molecule has 0 spiro atoms. The largest absolute Gasteiger partial charge is 0.496 e. The average molecular weight is 271 g/mol. The van der Waals surface area contributed by atoms with Gasteiger partial charge in [0.05, 0.1) is 25.5 Å². The molecule has 0 radical (unpaired) electrons. The monoisotopic (exact) mass is 271 g/mol. The second kappa shape index (κ2) is 4.73. The SMILES string of the molecule is COc1cccc(OC)c1-c1cc(=O)n2[nH]ccc2n1. The molecular formula is C14H13N3O3. The van der Waals surface area contributed by atoms with E-state index in [-0.39, 0.29) is 5.56 Å². The Hall–Kier alpha value is -2.76. The van der Waals surface area contributed by atoms with Crippen molar-refractivity contribution in [2.45, 2.75) is 0 Å². The van der Waals surface area contributed by atoms with E-state index in [0.29, 0.717) is 28.4 Å². The van der Waals surface area contributed by atoms with Crippen LogP contribution in [0.2, 0.25) is 0 Å². The van der Waals surface area contributed by atoms with Crippen molar-refractivity contribution in [2.75, 3.05) is 14.2 Å². The molecule has 0 fully saturated rings. The number of rotatable bonds is 3. The second-order valence-electron chi connectivity index (χ2n) is 4.17. The number of fused-ring (bicyclic) bond motifs is 1. The average Bonchev–Trinajstić information content (AvgIpc) is 2.95. The quantitative estimate of drug-likeness (QED) is 0.787. The third kappa shape index (κ3) is 1.82. The van der Waals surface area contributed by atoms with Gasteiger partial charge < -0.3 is 9.47 Å². The van der Waals surface area contributed by atoms with E-state index < -0.39 is 0 Å². The number of aromatic nitrogens is 3. The molecular weight excluding hydrogens is 258 g/mol. The van der Waals surface area contributed by atoms with Gasteiger partial charge in [0, 0.05) is 18.3 Å². The Balaban J connectivity index is 2.32. The van der Waals surface area contributed by atoms with Crippen molar-refractivity contribution < 1.29 is 9.47 Å². The summed E-state index contributed by atoms with van der Waals surface area (Å²) < 4.78 is 12.0. The lowest BCUT2D eigenvalue weighted by molar-refractivity contribution is 0.397. The molecule has 0 aliphatic heterocycles. The summed E-state index contributed by atoms with van der Waals surface area (Å²) in [5, 5.41) is 2.80. The van der Waals surface area contributed by atoms with Crippen molar-refractivity contribution in [1.29, 1.82) is 0 Å². The molecule has 0 saturated heterocycles. The highest BCUT2D eigenvalue weighted by molar-refractivity contribution is 5.75. The van der Waals surface area contributed by atoms with Crippen LogP contribution >= 0.6 is 0 Å². The molecule has 0 aliphatic rings. The molecule has 1 aromatic carbocycles. The van der Waals surface area contributed by atoms with Crippen molar-refractivity contribution in [3.63, 3.8) is 0 Å². The van der Waals surface area contributed by atoms with Gasteiger partial charge in [-0.1, -0.05) is 6.07 Å². The number of hydrogen-bond donors (Lipinski definition) is 1. The fraction of sp³-hybridized carbons (Fsp3) is 0.143. The maximum Gasteiger partial charge on any atom is 0.273 e. The number of methoxy groups -OCH3 is 2. The van der Waals surface area contributed by atoms with Crippen LogP contribution in [0, 0.1) is 0 Å². The summed E-state index contributed by atoms with van der Waals surface area (Å²) in [7, 11) is 3.14. The smallest absolute Gasteiger partial charge is 0.273 e. The molecule has 0 saturated carbocycles. The predicted molar refractivity (Wildman–Crippen MR) is 74.4 cm³/mol. The number of aromatic amines is 1. The minimum atomic E-state index is -0.192. The molecule has 6 nitrogen and oxygen atoms in total. The molecule has 3 aromatic rings. The van der Waals surface area contributed by atoms with Gasteiger partial charge in [0.15, 0.2) is 5.65 Å². The number of H-pyrrole nitrogens is 1. The molecule has 0 amide bonds. The molecule has 0 bridgehead atoms. The third-order valence-corrected chi connectivity index (χ3v) is 3.06. The van der Waals surface area contributed by atoms with Gasteiger partial charge in [0.25, 0.3) is 5.56 Å². The van der Waals surface area contributed by atoms with Crippen molar-refractivity contribution in [3.8, 4) is 22.8 Å². The van der Waals surface area contributed by atoms with Crippen molar-refractivity contribution >= 4 is 5.65 Å². The minimum absolute atomic E-state index is 0.192. The fourth-order valence-corrected chi connectivity index (χ4v) is 2.16. The Bertz CT molecular complexity index is 798. The van der Waals surface area contributed by atoms with Gasteiger partial charge in [-0.05, 0) is 12.1 Å². The van der Waals surface area contributed by atoms with Gasteiger partial charge in [-0.25, -0.2) is 9.50 Å². The molecule has 2 heterocycles. The normalized spacial score (nSPS) is 10.7. The van der Waals surface area contributed by atoms with Crippen LogP contribution in [-0.4, -0.2) is 28.8 Å². The summed E-state index contributed by atoms with van der Waals surface area (Å²) in [5.74, 6) is 1.22. The van der Waals surface area contributed by atoms with Crippen LogP contribution in [0.25, 0.3) is 16.9 Å². The molecule has 0 atom stereocenters. The Kier molecular flexibility index (Phi) is 2.90. The van der Waals surface area contributed by atoms with Crippen LogP contribution < -0.4 is 15.0 Å². The predicted octanol–water partition coefficient (Wildman–Crippen LogP) is 1.71. The third-order valence-electron chi connectivity index (χ3n) is 3.06. The van der Waals surface area contributed by atoms with Crippen LogP contribution in [-0.2, 0) is 0 Å². The van der Waals surface area contributed by atoms with Crippen molar-refractivity contribution in [3.05, 3.63) is 46.9 Å². The highest BCUT2D eigenvalue weighted by Gasteiger charge is 2.15. The Morgan fingerprint density at radius 1 is 1.15 bits per heavy atom. The lowest BCUT2D eigenvalue weighted by Gasteiger charge is -2.12. The summed E-state index contributed by atoms with van der Waals surface area (Å²) in [4.78, 5) is 16.5. The first kappa shape index (κ1) is 12.3. The highest BCUT2D eigenvalue weighted by atomic mass is 16.5. The van der Waals surface area contributed by atoms with E-state index in [1.807, 2.05) is 6.07 Å². The van der Waals surface area contributed by atoms with E-state index in [0.717, 1.165) is 0 Å². The zero-order chi connectivity index (χ0) is 14.1. The Labute approximate surface area is 114 Å². The maximum absolute atomic E-state index is 12.0. The van der Waals surface area contributed by atoms with E-state index >= 15 is 0 Å². The summed E-state index contributed by atoms with van der Waals surface area (Å²) >= 11 is 0. The number of benzene rings is 1. The molecule has 2 aromatic heterocycles. The minimum Gasteiger partial charge on any atom is -0.496 e. The number of ether oxygens (including phenoxy) is 2. The van der Waals surface area contributed by atoms with E-state index in [2.05, 4.69) is 10.1 Å². The van der Waals surface area contributed by atoms with E-state index in [9.17, 15) is 4.79 Å². The van der Waals surface area contributed by atoms with E-state index in [1.54, 1.807) is 38.6 Å². The standard InChI is InChI=1S/C14H13N3O3/c1-19-10-4-3-5-11(20-2)14(10)9-8-13(18)17-12(16-9)6-7-15-17/h3-8,15H,1-2H3. The van der Waals surface area contributed by atoms with Crippen LogP contribution in [0.4, 0.5) is 0 Å². The molecule has 0 unspecified atom stereocenters. The van der Waals surface area contributed by atoms with Crippen molar-refractivity contribution in [2.24, 2.45) is 0 Å². The molecule has 20 heavy (non-hydrogen) atoms. The number of nitrogens with one attached hydrogen (secondary N) is 1. The van der Waals surface area contributed by atoms with Gasteiger partial charge >= 0.3 is 0 Å². The summed E-state index contributed by atoms with van der Waals surface area (Å²) in [6, 6.07) is 8.61. The summed E-state index contributed by atoms with van der Waals surface area (Å²) in [6.45, 7) is 0. The second-order valence-corrected chi connectivity index (χ2v) is 4.17. The summed E-state index contributed by atoms with van der Waals surface area (Å²) in [5.41, 5.74) is 1.53. The molecule has 3 rings (SSSR count). The number of hydrogen-bond acceptors (Lipinski definition) is 4. The lowest BCUT2D eigenvalue weighted by atomic mass is 10.1. The zero-order valence-corrected chi connectivity index (χ0v) is 11.1. The zero-order valence-electron chi connectivity index (χ0n) is 11.1. The molecule has 6 heteroatoms. The van der Waals surface area contributed by atoms with Crippen LogP contribution in [0.15, 0.2) is 41.3 Å².